The third-order valence-electron chi connectivity index (χ3n) is 4.64. The molecule has 2 aromatic rings. The van der Waals surface area contributed by atoms with Gasteiger partial charge in [0, 0.05) is 11.6 Å². The number of nitrogens with one attached hydrogen (secondary N) is 2. The van der Waals surface area contributed by atoms with Crippen molar-refractivity contribution >= 4 is 17.4 Å². The molecule has 0 heterocycles. The normalized spacial score (nSPS) is 16.1. The van der Waals surface area contributed by atoms with Crippen LogP contribution in [0.2, 0.25) is 0 Å². The van der Waals surface area contributed by atoms with Gasteiger partial charge in [-0.15, -0.1) is 0 Å². The lowest BCUT2D eigenvalue weighted by Crippen LogP contribution is -2.41. The lowest BCUT2D eigenvalue weighted by atomic mass is 10.0. The molecular formula is C21H24N2O2. The molecule has 1 aliphatic rings. The van der Waals surface area contributed by atoms with E-state index < -0.39 is 0 Å². The van der Waals surface area contributed by atoms with Crippen molar-refractivity contribution in [3.8, 4) is 0 Å². The summed E-state index contributed by atoms with van der Waals surface area (Å²) in [5, 5.41) is 6.35. The van der Waals surface area contributed by atoms with E-state index in [4.69, 9.17) is 0 Å². The van der Waals surface area contributed by atoms with Crippen molar-refractivity contribution in [2.75, 3.05) is 5.32 Å². The lowest BCUT2D eigenvalue weighted by Gasteiger charge is -2.23. The second-order valence-electron chi connectivity index (χ2n) is 6.71. The number of carbonyl (C=O) groups is 2. The summed E-state index contributed by atoms with van der Waals surface area (Å²) < 4.78 is 0. The number of anilines is 1. The molecule has 0 radical (unpaired) electrons. The summed E-state index contributed by atoms with van der Waals surface area (Å²) in [4.78, 5) is 24.3. The standard InChI is InChI=1S/C21H24N2O2/c1-14(21(25)23-19-11-7-6-10-18(19)15(2)24)22-20(17-12-13-17)16-8-4-3-5-9-16/h3-11,14,17,20,22H,12-13H2,1-2H3,(H,23,25). The molecule has 2 aromatic carbocycles. The van der Waals surface area contributed by atoms with Gasteiger partial charge in [-0.1, -0.05) is 42.5 Å². The van der Waals surface area contributed by atoms with Gasteiger partial charge in [-0.2, -0.15) is 0 Å². The van der Waals surface area contributed by atoms with Crippen LogP contribution in [-0.2, 0) is 4.79 Å². The van der Waals surface area contributed by atoms with Crippen LogP contribution >= 0.6 is 0 Å². The number of rotatable bonds is 7. The molecule has 4 heteroatoms. The summed E-state index contributed by atoms with van der Waals surface area (Å²) >= 11 is 0. The molecule has 0 saturated heterocycles. The number of amides is 1. The third kappa shape index (κ3) is 4.34. The Morgan fingerprint density at radius 3 is 2.28 bits per heavy atom. The van der Waals surface area contributed by atoms with Gasteiger partial charge in [0.1, 0.15) is 0 Å². The van der Waals surface area contributed by atoms with E-state index in [1.54, 1.807) is 18.2 Å². The molecule has 2 unspecified atom stereocenters. The van der Waals surface area contributed by atoms with Gasteiger partial charge in [0.25, 0.3) is 0 Å². The van der Waals surface area contributed by atoms with Gasteiger partial charge >= 0.3 is 0 Å². The third-order valence-corrected chi connectivity index (χ3v) is 4.64. The zero-order valence-electron chi connectivity index (χ0n) is 14.7. The quantitative estimate of drug-likeness (QED) is 0.753. The Labute approximate surface area is 148 Å². The lowest BCUT2D eigenvalue weighted by molar-refractivity contribution is -0.118. The maximum atomic E-state index is 12.6. The van der Waals surface area contributed by atoms with E-state index in [0.717, 1.165) is 0 Å². The molecule has 1 amide bonds. The first-order chi connectivity index (χ1) is 12.1. The predicted octanol–water partition coefficient (Wildman–Crippen LogP) is 3.96. The van der Waals surface area contributed by atoms with E-state index in [2.05, 4.69) is 22.8 Å². The van der Waals surface area contributed by atoms with E-state index in [1.807, 2.05) is 31.2 Å². The van der Waals surface area contributed by atoms with Crippen LogP contribution in [0.15, 0.2) is 54.6 Å². The van der Waals surface area contributed by atoms with E-state index in [0.29, 0.717) is 17.2 Å². The summed E-state index contributed by atoms with van der Waals surface area (Å²) in [7, 11) is 0. The van der Waals surface area contributed by atoms with Crippen molar-refractivity contribution in [3.63, 3.8) is 0 Å². The van der Waals surface area contributed by atoms with Gasteiger partial charge in [0.15, 0.2) is 5.78 Å². The van der Waals surface area contributed by atoms with Crippen molar-refractivity contribution in [2.24, 2.45) is 5.92 Å². The fourth-order valence-corrected chi connectivity index (χ4v) is 3.08. The van der Waals surface area contributed by atoms with Crippen molar-refractivity contribution < 1.29 is 9.59 Å². The van der Waals surface area contributed by atoms with Crippen LogP contribution in [0.5, 0.6) is 0 Å². The number of hydrogen-bond acceptors (Lipinski definition) is 3. The number of carbonyl (C=O) groups excluding carboxylic acids is 2. The molecule has 0 spiro atoms. The number of benzene rings is 2. The van der Waals surface area contributed by atoms with Gasteiger partial charge in [-0.05, 0) is 50.3 Å². The maximum Gasteiger partial charge on any atom is 0.241 e. The molecule has 4 nitrogen and oxygen atoms in total. The van der Waals surface area contributed by atoms with E-state index in [9.17, 15) is 9.59 Å². The summed E-state index contributed by atoms with van der Waals surface area (Å²) in [6.45, 7) is 3.37. The Bertz CT molecular complexity index is 754. The average Bonchev–Trinajstić information content (AvgIpc) is 3.45. The molecule has 2 N–H and O–H groups in total. The zero-order chi connectivity index (χ0) is 17.8. The molecule has 3 rings (SSSR count). The molecule has 130 valence electrons. The fraction of sp³-hybridized carbons (Fsp3) is 0.333. The van der Waals surface area contributed by atoms with E-state index >= 15 is 0 Å². The van der Waals surface area contributed by atoms with Gasteiger partial charge in [0.05, 0.1) is 11.7 Å². The van der Waals surface area contributed by atoms with E-state index in [1.165, 1.54) is 25.3 Å². The molecule has 0 aliphatic heterocycles. The smallest absolute Gasteiger partial charge is 0.241 e. The van der Waals surface area contributed by atoms with Crippen LogP contribution in [-0.4, -0.2) is 17.7 Å². The van der Waals surface area contributed by atoms with E-state index in [-0.39, 0.29) is 23.8 Å². The fourth-order valence-electron chi connectivity index (χ4n) is 3.08. The number of para-hydroxylation sites is 1. The first-order valence-electron chi connectivity index (χ1n) is 8.78. The molecule has 2 atom stereocenters. The Morgan fingerprint density at radius 2 is 1.64 bits per heavy atom. The molecular weight excluding hydrogens is 312 g/mol. The minimum absolute atomic E-state index is 0.0587. The Hall–Kier alpha value is -2.46. The van der Waals surface area contributed by atoms with Gasteiger partial charge in [-0.25, -0.2) is 0 Å². The molecule has 1 fully saturated rings. The Morgan fingerprint density at radius 1 is 1.00 bits per heavy atom. The highest BCUT2D eigenvalue weighted by molar-refractivity contribution is 6.04. The monoisotopic (exact) mass is 336 g/mol. The van der Waals surface area contributed by atoms with Crippen molar-refractivity contribution in [1.82, 2.24) is 5.32 Å². The second kappa shape index (κ2) is 7.62. The highest BCUT2D eigenvalue weighted by Gasteiger charge is 2.34. The molecule has 1 saturated carbocycles. The van der Waals surface area contributed by atoms with Crippen LogP contribution in [0.4, 0.5) is 5.69 Å². The van der Waals surface area contributed by atoms with Gasteiger partial charge in [0.2, 0.25) is 5.91 Å². The minimum Gasteiger partial charge on any atom is -0.324 e. The van der Waals surface area contributed by atoms with Crippen molar-refractivity contribution in [3.05, 3.63) is 65.7 Å². The number of Topliss-reactive ketones (excluding diaryl/α,β-unsaturated/α-hetero) is 1. The largest absolute Gasteiger partial charge is 0.324 e. The summed E-state index contributed by atoms with van der Waals surface area (Å²) in [6, 6.07) is 17.2. The SMILES string of the molecule is CC(=O)c1ccccc1NC(=O)C(C)NC(c1ccccc1)C1CC1. The van der Waals surface area contributed by atoms with Crippen molar-refractivity contribution in [2.45, 2.75) is 38.8 Å². The highest BCUT2D eigenvalue weighted by atomic mass is 16.2. The van der Waals surface area contributed by atoms with Crippen LogP contribution in [0.25, 0.3) is 0 Å². The van der Waals surface area contributed by atoms with Crippen LogP contribution < -0.4 is 10.6 Å². The van der Waals surface area contributed by atoms with Gasteiger partial charge < -0.3 is 5.32 Å². The minimum atomic E-state index is -0.356. The molecule has 25 heavy (non-hydrogen) atoms. The summed E-state index contributed by atoms with van der Waals surface area (Å²) in [5.74, 6) is 0.397. The molecule has 0 aromatic heterocycles. The highest BCUT2D eigenvalue weighted by Crippen LogP contribution is 2.41. The first kappa shape index (κ1) is 17.4. The molecule has 0 bridgehead atoms. The van der Waals surface area contributed by atoms with Crippen LogP contribution in [0.3, 0.4) is 0 Å². The summed E-state index contributed by atoms with van der Waals surface area (Å²) in [6.07, 6.45) is 2.38. The van der Waals surface area contributed by atoms with Crippen molar-refractivity contribution in [1.29, 1.82) is 0 Å². The first-order valence-corrected chi connectivity index (χ1v) is 8.78. The van der Waals surface area contributed by atoms with Crippen LogP contribution in [0, 0.1) is 5.92 Å². The Balaban J connectivity index is 1.69. The maximum absolute atomic E-state index is 12.6. The second-order valence-corrected chi connectivity index (χ2v) is 6.71. The summed E-state index contributed by atoms with van der Waals surface area (Å²) in [5.41, 5.74) is 2.31. The predicted molar refractivity (Wildman–Crippen MR) is 99.6 cm³/mol. The topological polar surface area (TPSA) is 58.2 Å². The number of hydrogen-bond donors (Lipinski definition) is 2. The van der Waals surface area contributed by atoms with Crippen LogP contribution in [0.1, 0.15) is 48.7 Å². The van der Waals surface area contributed by atoms with Gasteiger partial charge in [-0.3, -0.25) is 14.9 Å². The average molecular weight is 336 g/mol. The zero-order valence-corrected chi connectivity index (χ0v) is 14.7. The number of ketones is 1. The Kier molecular flexibility index (Phi) is 5.29. The molecule has 1 aliphatic carbocycles.